The van der Waals surface area contributed by atoms with Crippen LogP contribution in [0.15, 0.2) is 68.4 Å². The van der Waals surface area contributed by atoms with Crippen molar-refractivity contribution in [1.29, 1.82) is 0 Å². The van der Waals surface area contributed by atoms with E-state index in [1.54, 1.807) is 36.9 Å². The number of hydrogen-bond acceptors (Lipinski definition) is 6. The SMILES string of the molecule is CC(=O)Nc1cccc(C2=C[N+]3(N)N=C(c4ccco4)N=C3C=N2)c1. The summed E-state index contributed by atoms with van der Waals surface area (Å²) >= 11 is 0. The van der Waals surface area contributed by atoms with E-state index in [-0.39, 0.29) is 10.6 Å². The minimum absolute atomic E-state index is 0.137. The molecule has 3 heterocycles. The number of aliphatic imine (C=N–C) groups is 2. The summed E-state index contributed by atoms with van der Waals surface area (Å²) in [4.78, 5) is 20.0. The minimum atomic E-state index is -0.334. The van der Waals surface area contributed by atoms with Gasteiger partial charge in [-0.2, -0.15) is 4.99 Å². The highest BCUT2D eigenvalue weighted by molar-refractivity contribution is 6.32. The molecule has 0 saturated carbocycles. The van der Waals surface area contributed by atoms with Crippen LogP contribution in [0, 0.1) is 0 Å². The number of hydrogen-bond donors (Lipinski definition) is 2. The molecule has 0 fully saturated rings. The maximum Gasteiger partial charge on any atom is 0.300 e. The van der Waals surface area contributed by atoms with Crippen molar-refractivity contribution in [2.75, 3.05) is 5.32 Å². The first-order chi connectivity index (χ1) is 12.0. The van der Waals surface area contributed by atoms with Gasteiger partial charge in [-0.3, -0.25) is 4.79 Å². The summed E-state index contributed by atoms with van der Waals surface area (Å²) in [6.45, 7) is 1.46. The first kappa shape index (κ1) is 15.2. The van der Waals surface area contributed by atoms with Crippen LogP contribution in [0.1, 0.15) is 18.2 Å². The van der Waals surface area contributed by atoms with E-state index in [9.17, 15) is 4.79 Å². The normalized spacial score (nSPS) is 21.3. The number of amidine groups is 2. The van der Waals surface area contributed by atoms with Gasteiger partial charge in [0, 0.05) is 18.2 Å². The third kappa shape index (κ3) is 2.80. The molecule has 1 unspecified atom stereocenters. The van der Waals surface area contributed by atoms with E-state index in [4.69, 9.17) is 10.3 Å². The summed E-state index contributed by atoms with van der Waals surface area (Å²) in [5.41, 5.74) is 2.13. The van der Waals surface area contributed by atoms with E-state index in [0.29, 0.717) is 28.8 Å². The number of amides is 1. The first-order valence-electron chi connectivity index (χ1n) is 7.59. The molecule has 3 N–H and O–H groups in total. The van der Waals surface area contributed by atoms with Gasteiger partial charge in [0.15, 0.2) is 12.0 Å². The molecule has 0 radical (unpaired) electrons. The van der Waals surface area contributed by atoms with Gasteiger partial charge in [0.2, 0.25) is 5.91 Å². The number of nitrogens with one attached hydrogen (secondary N) is 1. The Bertz CT molecular complexity index is 971. The summed E-state index contributed by atoms with van der Waals surface area (Å²) in [5, 5.41) is 7.18. The van der Waals surface area contributed by atoms with E-state index in [0.717, 1.165) is 5.56 Å². The van der Waals surface area contributed by atoms with Gasteiger partial charge in [-0.25, -0.2) is 4.99 Å². The van der Waals surface area contributed by atoms with E-state index in [1.807, 2.05) is 18.2 Å². The molecule has 8 heteroatoms. The molecule has 1 atom stereocenters. The number of quaternary nitrogens is 1. The van der Waals surface area contributed by atoms with E-state index < -0.39 is 0 Å². The Labute approximate surface area is 143 Å². The predicted octanol–water partition coefficient (Wildman–Crippen LogP) is 2.09. The lowest BCUT2D eigenvalue weighted by molar-refractivity contribution is -0.802. The van der Waals surface area contributed by atoms with Crippen molar-refractivity contribution in [2.24, 2.45) is 20.9 Å². The third-order valence-electron chi connectivity index (χ3n) is 3.71. The van der Waals surface area contributed by atoms with Crippen LogP contribution in [0.5, 0.6) is 0 Å². The standard InChI is InChI=1S/C17H14N6O2/c1-11(24)20-13-5-2-4-12(8-13)14-10-23(18)16(9-19-14)21-17(22-23)15-6-3-7-25-15/h2-10H,18H2,1H3/p+1. The van der Waals surface area contributed by atoms with E-state index >= 15 is 0 Å². The maximum absolute atomic E-state index is 11.2. The topological polar surface area (TPSA) is 105 Å². The molecule has 8 nitrogen and oxygen atoms in total. The van der Waals surface area contributed by atoms with Gasteiger partial charge in [0.1, 0.15) is 11.9 Å². The number of carbonyl (C=O) groups excluding carboxylic acids is 1. The Kier molecular flexibility index (Phi) is 3.41. The van der Waals surface area contributed by atoms with Gasteiger partial charge in [-0.1, -0.05) is 12.1 Å². The van der Waals surface area contributed by atoms with Crippen LogP contribution in [0.25, 0.3) is 5.70 Å². The fraction of sp³-hybridized carbons (Fsp3) is 0.0588. The number of anilines is 1. The van der Waals surface area contributed by atoms with Crippen LogP contribution in [0.2, 0.25) is 0 Å². The summed E-state index contributed by atoms with van der Waals surface area (Å²) < 4.78 is 4.99. The van der Waals surface area contributed by atoms with Crippen LogP contribution < -0.4 is 11.2 Å². The number of rotatable bonds is 3. The number of fused-ring (bicyclic) bond motifs is 1. The number of nitrogens with zero attached hydrogens (tertiary/aromatic N) is 4. The Hall–Kier alpha value is -3.36. The van der Waals surface area contributed by atoms with Crippen molar-refractivity contribution in [1.82, 2.24) is 0 Å². The minimum Gasteiger partial charge on any atom is -0.461 e. The molecule has 0 bridgehead atoms. The molecule has 1 aromatic heterocycles. The predicted molar refractivity (Wildman–Crippen MR) is 94.3 cm³/mol. The average Bonchev–Trinajstić information content (AvgIpc) is 3.20. The van der Waals surface area contributed by atoms with Gasteiger partial charge in [0.25, 0.3) is 11.7 Å². The number of carbonyl (C=O) groups is 1. The maximum atomic E-state index is 11.2. The molecule has 2 aliphatic rings. The van der Waals surface area contributed by atoms with Crippen molar-refractivity contribution in [2.45, 2.75) is 6.92 Å². The lowest BCUT2D eigenvalue weighted by atomic mass is 10.1. The molecular formula is C17H15N6O2+. The zero-order valence-corrected chi connectivity index (χ0v) is 13.4. The highest BCUT2D eigenvalue weighted by atomic mass is 16.3. The van der Waals surface area contributed by atoms with Crippen molar-refractivity contribution in [3.8, 4) is 0 Å². The molecule has 0 spiro atoms. The zero-order chi connectivity index (χ0) is 17.4. The second-order valence-corrected chi connectivity index (χ2v) is 5.64. The lowest BCUT2D eigenvalue weighted by Gasteiger charge is -2.19. The zero-order valence-electron chi connectivity index (χ0n) is 13.4. The van der Waals surface area contributed by atoms with Crippen LogP contribution in [0.4, 0.5) is 5.69 Å². The van der Waals surface area contributed by atoms with Crippen molar-refractivity contribution in [3.05, 3.63) is 60.2 Å². The first-order valence-corrected chi connectivity index (χ1v) is 7.59. The monoisotopic (exact) mass is 335 g/mol. The molecule has 1 aromatic carbocycles. The van der Waals surface area contributed by atoms with E-state index in [2.05, 4.69) is 20.4 Å². The van der Waals surface area contributed by atoms with E-state index in [1.165, 1.54) is 6.92 Å². The van der Waals surface area contributed by atoms with Crippen LogP contribution in [0.3, 0.4) is 0 Å². The number of nitrogens with two attached hydrogens (primary N) is 1. The van der Waals surface area contributed by atoms with Crippen molar-refractivity contribution < 1.29 is 13.9 Å². The summed E-state index contributed by atoms with van der Waals surface area (Å²) in [5.74, 6) is 7.66. The fourth-order valence-corrected chi connectivity index (χ4v) is 2.60. The molecule has 0 saturated heterocycles. The largest absolute Gasteiger partial charge is 0.461 e. The van der Waals surface area contributed by atoms with Gasteiger partial charge in [0.05, 0.1) is 6.26 Å². The number of furan rings is 1. The lowest BCUT2D eigenvalue weighted by Crippen LogP contribution is -2.50. The number of benzene rings is 1. The van der Waals surface area contributed by atoms with Crippen LogP contribution >= 0.6 is 0 Å². The Morgan fingerprint density at radius 2 is 2.16 bits per heavy atom. The molecule has 0 aliphatic carbocycles. The molecule has 2 aromatic rings. The molecule has 1 amide bonds. The van der Waals surface area contributed by atoms with Gasteiger partial charge in [-0.05, 0) is 34.1 Å². The fourth-order valence-electron chi connectivity index (χ4n) is 2.60. The summed E-state index contributed by atoms with van der Waals surface area (Å²) in [6.07, 6.45) is 4.83. The van der Waals surface area contributed by atoms with Gasteiger partial charge in [-0.15, -0.1) is 5.84 Å². The quantitative estimate of drug-likeness (QED) is 0.662. The Morgan fingerprint density at radius 1 is 1.28 bits per heavy atom. The van der Waals surface area contributed by atoms with Crippen molar-refractivity contribution in [3.63, 3.8) is 0 Å². The highest BCUT2D eigenvalue weighted by Gasteiger charge is 2.40. The molecule has 124 valence electrons. The Balaban J connectivity index is 1.69. The van der Waals surface area contributed by atoms with Crippen LogP contribution in [-0.4, -0.2) is 28.5 Å². The smallest absolute Gasteiger partial charge is 0.300 e. The van der Waals surface area contributed by atoms with Gasteiger partial charge >= 0.3 is 0 Å². The van der Waals surface area contributed by atoms with Crippen molar-refractivity contribution >= 4 is 35.2 Å². The second kappa shape index (κ2) is 5.62. The molecular weight excluding hydrogens is 320 g/mol. The average molecular weight is 335 g/mol. The molecule has 4 rings (SSSR count). The Morgan fingerprint density at radius 3 is 2.92 bits per heavy atom. The molecule has 25 heavy (non-hydrogen) atoms. The van der Waals surface area contributed by atoms with Gasteiger partial charge < -0.3 is 9.73 Å². The van der Waals surface area contributed by atoms with Crippen LogP contribution in [-0.2, 0) is 4.79 Å². The molecule has 2 aliphatic heterocycles. The summed E-state index contributed by atoms with van der Waals surface area (Å²) in [6, 6.07) is 10.9. The summed E-state index contributed by atoms with van der Waals surface area (Å²) in [7, 11) is 0. The third-order valence-corrected chi connectivity index (χ3v) is 3.71. The second-order valence-electron chi connectivity index (χ2n) is 5.64. The highest BCUT2D eigenvalue weighted by Crippen LogP contribution is 2.27.